The summed E-state index contributed by atoms with van der Waals surface area (Å²) in [4.78, 5) is 2.24. The molecule has 0 unspecified atom stereocenters. The lowest BCUT2D eigenvalue weighted by Gasteiger charge is -2.23. The second kappa shape index (κ2) is 5.69. The third kappa shape index (κ3) is 2.71. The summed E-state index contributed by atoms with van der Waals surface area (Å²) in [5.74, 6) is 0. The highest BCUT2D eigenvalue weighted by Gasteiger charge is 2.07. The van der Waals surface area contributed by atoms with E-state index in [1.807, 2.05) is 30.3 Å². The summed E-state index contributed by atoms with van der Waals surface area (Å²) in [6, 6.07) is 18.4. The molecule has 2 heteroatoms. The topological polar surface area (TPSA) is 23.5 Å². The predicted octanol–water partition coefficient (Wildman–Crippen LogP) is 3.90. The molecule has 0 fully saturated rings. The Balaban J connectivity index is 2.28. The van der Waals surface area contributed by atoms with E-state index < -0.39 is 6.10 Å². The van der Waals surface area contributed by atoms with Gasteiger partial charge < -0.3 is 10.0 Å². The van der Waals surface area contributed by atoms with Gasteiger partial charge in [0, 0.05) is 17.9 Å². The maximum absolute atomic E-state index is 9.51. The fraction of sp³-hybridized carbons (Fsp3) is 0.250. The van der Waals surface area contributed by atoms with Gasteiger partial charge in [-0.15, -0.1) is 0 Å². The number of aliphatic hydroxyl groups is 1. The van der Waals surface area contributed by atoms with Crippen molar-refractivity contribution >= 4 is 11.4 Å². The van der Waals surface area contributed by atoms with Crippen LogP contribution in [0.25, 0.3) is 0 Å². The van der Waals surface area contributed by atoms with Gasteiger partial charge in [-0.2, -0.15) is 0 Å². The van der Waals surface area contributed by atoms with E-state index in [4.69, 9.17) is 0 Å². The van der Waals surface area contributed by atoms with Crippen LogP contribution in [-0.4, -0.2) is 11.7 Å². The minimum Gasteiger partial charge on any atom is -0.389 e. The molecule has 0 radical (unpaired) electrons. The molecule has 1 atom stereocenters. The SMILES string of the molecule is CCN(c1ccccc1)c1ccc([C@H](C)O)cc1. The van der Waals surface area contributed by atoms with Crippen LogP contribution < -0.4 is 4.90 Å². The summed E-state index contributed by atoms with van der Waals surface area (Å²) in [7, 11) is 0. The molecule has 0 bridgehead atoms. The summed E-state index contributed by atoms with van der Waals surface area (Å²) in [5.41, 5.74) is 3.28. The minimum absolute atomic E-state index is 0.411. The molecule has 94 valence electrons. The molecule has 1 N–H and O–H groups in total. The zero-order valence-electron chi connectivity index (χ0n) is 10.9. The first-order valence-electron chi connectivity index (χ1n) is 6.33. The molecular weight excluding hydrogens is 222 g/mol. The van der Waals surface area contributed by atoms with Gasteiger partial charge >= 0.3 is 0 Å². The smallest absolute Gasteiger partial charge is 0.0761 e. The largest absolute Gasteiger partial charge is 0.389 e. The third-order valence-electron chi connectivity index (χ3n) is 3.07. The van der Waals surface area contributed by atoms with Crippen LogP contribution in [0.3, 0.4) is 0 Å². The maximum atomic E-state index is 9.51. The third-order valence-corrected chi connectivity index (χ3v) is 3.07. The van der Waals surface area contributed by atoms with E-state index in [1.165, 1.54) is 5.69 Å². The van der Waals surface area contributed by atoms with Crippen molar-refractivity contribution in [3.05, 3.63) is 60.2 Å². The first-order chi connectivity index (χ1) is 8.72. The van der Waals surface area contributed by atoms with E-state index in [9.17, 15) is 5.11 Å². The molecule has 0 saturated carbocycles. The van der Waals surface area contributed by atoms with Crippen molar-refractivity contribution in [2.45, 2.75) is 20.0 Å². The Morgan fingerprint density at radius 1 is 0.944 bits per heavy atom. The number of para-hydroxylation sites is 1. The van der Waals surface area contributed by atoms with Crippen LogP contribution in [0.5, 0.6) is 0 Å². The van der Waals surface area contributed by atoms with Gasteiger partial charge in [-0.05, 0) is 43.7 Å². The van der Waals surface area contributed by atoms with Crippen LogP contribution in [0.2, 0.25) is 0 Å². The Hall–Kier alpha value is -1.80. The second-order valence-corrected chi connectivity index (χ2v) is 4.35. The van der Waals surface area contributed by atoms with Crippen molar-refractivity contribution in [3.63, 3.8) is 0 Å². The quantitative estimate of drug-likeness (QED) is 0.877. The van der Waals surface area contributed by atoms with Crippen LogP contribution in [0.1, 0.15) is 25.5 Å². The van der Waals surface area contributed by atoms with Crippen molar-refractivity contribution in [2.24, 2.45) is 0 Å². The first kappa shape index (κ1) is 12.7. The highest BCUT2D eigenvalue weighted by Crippen LogP contribution is 2.26. The molecule has 0 aliphatic rings. The molecule has 0 aliphatic heterocycles. The summed E-state index contributed by atoms with van der Waals surface area (Å²) in [5, 5.41) is 9.51. The van der Waals surface area contributed by atoms with Crippen LogP contribution in [0, 0.1) is 0 Å². The Morgan fingerprint density at radius 3 is 2.00 bits per heavy atom. The molecule has 0 spiro atoms. The molecule has 0 aliphatic carbocycles. The van der Waals surface area contributed by atoms with E-state index in [-0.39, 0.29) is 0 Å². The first-order valence-corrected chi connectivity index (χ1v) is 6.33. The molecule has 2 aromatic carbocycles. The molecule has 2 aromatic rings. The molecule has 18 heavy (non-hydrogen) atoms. The van der Waals surface area contributed by atoms with Crippen LogP contribution >= 0.6 is 0 Å². The van der Waals surface area contributed by atoms with Gasteiger partial charge in [0.25, 0.3) is 0 Å². The minimum atomic E-state index is -0.411. The van der Waals surface area contributed by atoms with Crippen LogP contribution in [0.4, 0.5) is 11.4 Å². The highest BCUT2D eigenvalue weighted by molar-refractivity contribution is 5.63. The molecule has 2 rings (SSSR count). The van der Waals surface area contributed by atoms with Gasteiger partial charge in [0.15, 0.2) is 0 Å². The number of benzene rings is 2. The van der Waals surface area contributed by atoms with Gasteiger partial charge in [0.1, 0.15) is 0 Å². The maximum Gasteiger partial charge on any atom is 0.0761 e. The van der Waals surface area contributed by atoms with E-state index in [0.29, 0.717) is 0 Å². The Kier molecular flexibility index (Phi) is 4.00. The zero-order valence-corrected chi connectivity index (χ0v) is 10.9. The van der Waals surface area contributed by atoms with Crippen molar-refractivity contribution in [1.82, 2.24) is 0 Å². The standard InChI is InChI=1S/C16H19NO/c1-3-17(15-7-5-4-6-8-15)16-11-9-14(10-12-16)13(2)18/h4-13,18H,3H2,1-2H3/t13-/m0/s1. The van der Waals surface area contributed by atoms with Crippen LogP contribution in [-0.2, 0) is 0 Å². The lowest BCUT2D eigenvalue weighted by atomic mass is 10.1. The molecule has 0 heterocycles. The summed E-state index contributed by atoms with van der Waals surface area (Å²) >= 11 is 0. The molecule has 0 amide bonds. The average molecular weight is 241 g/mol. The van der Waals surface area contributed by atoms with E-state index in [2.05, 4.69) is 36.1 Å². The van der Waals surface area contributed by atoms with Crippen molar-refractivity contribution in [3.8, 4) is 0 Å². The molecular formula is C16H19NO. The van der Waals surface area contributed by atoms with Crippen molar-refractivity contribution in [2.75, 3.05) is 11.4 Å². The fourth-order valence-corrected chi connectivity index (χ4v) is 2.05. The van der Waals surface area contributed by atoms with E-state index >= 15 is 0 Å². The number of aliphatic hydroxyl groups excluding tert-OH is 1. The second-order valence-electron chi connectivity index (χ2n) is 4.35. The van der Waals surface area contributed by atoms with Gasteiger partial charge in [-0.25, -0.2) is 0 Å². The Morgan fingerprint density at radius 2 is 1.50 bits per heavy atom. The average Bonchev–Trinajstić information content (AvgIpc) is 2.41. The van der Waals surface area contributed by atoms with Gasteiger partial charge in [0.05, 0.1) is 6.10 Å². The van der Waals surface area contributed by atoms with Crippen molar-refractivity contribution in [1.29, 1.82) is 0 Å². The summed E-state index contributed by atoms with van der Waals surface area (Å²) in [6.07, 6.45) is -0.411. The Bertz CT molecular complexity index is 476. The van der Waals surface area contributed by atoms with Crippen molar-refractivity contribution < 1.29 is 5.11 Å². The number of hydrogen-bond donors (Lipinski definition) is 1. The molecule has 0 aromatic heterocycles. The monoisotopic (exact) mass is 241 g/mol. The Labute approximate surface area is 109 Å². The normalized spacial score (nSPS) is 12.2. The predicted molar refractivity (Wildman–Crippen MR) is 76.2 cm³/mol. The van der Waals surface area contributed by atoms with Gasteiger partial charge in [-0.1, -0.05) is 30.3 Å². The van der Waals surface area contributed by atoms with Gasteiger partial charge in [-0.3, -0.25) is 0 Å². The van der Waals surface area contributed by atoms with Crippen LogP contribution in [0.15, 0.2) is 54.6 Å². The summed E-state index contributed by atoms with van der Waals surface area (Å²) < 4.78 is 0. The number of rotatable bonds is 4. The lowest BCUT2D eigenvalue weighted by Crippen LogP contribution is -2.15. The number of nitrogens with zero attached hydrogens (tertiary/aromatic N) is 1. The fourth-order valence-electron chi connectivity index (χ4n) is 2.05. The summed E-state index contributed by atoms with van der Waals surface area (Å²) in [6.45, 7) is 4.83. The number of anilines is 2. The number of hydrogen-bond acceptors (Lipinski definition) is 2. The van der Waals surface area contributed by atoms with E-state index in [0.717, 1.165) is 17.8 Å². The molecule has 0 saturated heterocycles. The highest BCUT2D eigenvalue weighted by atomic mass is 16.3. The zero-order chi connectivity index (χ0) is 13.0. The van der Waals surface area contributed by atoms with Gasteiger partial charge in [0.2, 0.25) is 0 Å². The lowest BCUT2D eigenvalue weighted by molar-refractivity contribution is 0.199. The molecule has 2 nitrogen and oxygen atoms in total. The van der Waals surface area contributed by atoms with E-state index in [1.54, 1.807) is 6.92 Å².